The van der Waals surface area contributed by atoms with Crippen LogP contribution in [-0.4, -0.2) is 46.9 Å². The summed E-state index contributed by atoms with van der Waals surface area (Å²) in [5.74, 6) is 0.571. The van der Waals surface area contributed by atoms with Crippen LogP contribution in [0.25, 0.3) is 6.08 Å². The average Bonchev–Trinajstić information content (AvgIpc) is 2.71. The second kappa shape index (κ2) is 15.0. The fourth-order valence-electron chi connectivity index (χ4n) is 2.40. The van der Waals surface area contributed by atoms with Crippen molar-refractivity contribution in [3.05, 3.63) is 65.7 Å². The van der Waals surface area contributed by atoms with Crippen molar-refractivity contribution in [2.45, 2.75) is 32.4 Å². The number of nitrogens with one attached hydrogen (secondary N) is 2. The van der Waals surface area contributed by atoms with E-state index in [0.29, 0.717) is 5.75 Å². The zero-order valence-electron chi connectivity index (χ0n) is 17.1. The second-order valence-electron chi connectivity index (χ2n) is 6.77. The van der Waals surface area contributed by atoms with Gasteiger partial charge in [-0.25, -0.2) is 0 Å². The Labute approximate surface area is 182 Å². The number of rotatable bonds is 10. The van der Waals surface area contributed by atoms with E-state index >= 15 is 0 Å². The molecule has 6 N–H and O–H groups in total. The Morgan fingerprint density at radius 2 is 1.59 bits per heavy atom. The van der Waals surface area contributed by atoms with Crippen LogP contribution in [0.5, 0.6) is 11.5 Å². The molecule has 2 aromatic carbocycles. The molecule has 0 radical (unpaired) electrons. The van der Waals surface area contributed by atoms with E-state index in [-0.39, 0.29) is 17.8 Å². The van der Waals surface area contributed by atoms with Crippen LogP contribution in [0.2, 0.25) is 0 Å². The number of para-hydroxylation sites is 2. The molecule has 0 aliphatic rings. The minimum absolute atomic E-state index is 0.127. The van der Waals surface area contributed by atoms with Crippen molar-refractivity contribution in [3.63, 3.8) is 0 Å². The van der Waals surface area contributed by atoms with Gasteiger partial charge in [0.15, 0.2) is 0 Å². The number of hydrogen-bond donors (Lipinski definition) is 5. The molecule has 0 bridgehead atoms. The normalized spacial score (nSPS) is 12.8. The van der Waals surface area contributed by atoms with E-state index in [1.807, 2.05) is 37.3 Å². The average molecular weight is 442 g/mol. The van der Waals surface area contributed by atoms with Crippen molar-refractivity contribution in [3.8, 4) is 11.5 Å². The number of phenolic OH excluding ortho intramolecular Hbond substituents is 2. The number of benzene rings is 2. The fraction of sp³-hybridized carbons (Fsp3) is 0.348. The molecule has 0 fully saturated rings. The van der Waals surface area contributed by atoms with E-state index < -0.39 is 0 Å². The van der Waals surface area contributed by atoms with Gasteiger partial charge in [0, 0.05) is 30.7 Å². The molecule has 0 aliphatic carbocycles. The summed E-state index contributed by atoms with van der Waals surface area (Å²) in [4.78, 5) is 1.56. The van der Waals surface area contributed by atoms with Gasteiger partial charge in [0.25, 0.3) is 0 Å². The van der Waals surface area contributed by atoms with Gasteiger partial charge in [0.1, 0.15) is 5.75 Å². The van der Waals surface area contributed by atoms with Crippen molar-refractivity contribution >= 4 is 11.0 Å². The third kappa shape index (κ3) is 11.0. The van der Waals surface area contributed by atoms with Crippen LogP contribution in [0, 0.1) is 0 Å². The van der Waals surface area contributed by atoms with Crippen LogP contribution < -0.4 is 16.4 Å². The molecule has 0 spiro atoms. The van der Waals surface area contributed by atoms with Crippen LogP contribution in [-0.2, 0) is 15.3 Å². The van der Waals surface area contributed by atoms with Crippen molar-refractivity contribution < 1.29 is 25.5 Å². The third-order valence-corrected chi connectivity index (χ3v) is 4.30. The minimum atomic E-state index is 0.127. The van der Waals surface area contributed by atoms with Crippen molar-refractivity contribution in [1.82, 2.24) is 10.6 Å². The first-order valence-electron chi connectivity index (χ1n) is 9.82. The van der Waals surface area contributed by atoms with Crippen molar-refractivity contribution in [2.24, 2.45) is 5.73 Å². The molecule has 29 heavy (non-hydrogen) atoms. The molecule has 0 amide bonds. The number of aromatic hydroxyl groups is 2. The molecule has 0 aromatic heterocycles. The first-order valence-corrected chi connectivity index (χ1v) is 10.4. The quantitative estimate of drug-likeness (QED) is 0.365. The summed E-state index contributed by atoms with van der Waals surface area (Å²) in [5.41, 5.74) is 7.36. The van der Waals surface area contributed by atoms with E-state index in [4.69, 9.17) is 10.8 Å². The van der Waals surface area contributed by atoms with Crippen LogP contribution in [0.3, 0.4) is 0 Å². The molecule has 0 saturated carbocycles. The predicted molar refractivity (Wildman–Crippen MR) is 119 cm³/mol. The summed E-state index contributed by atoms with van der Waals surface area (Å²) in [7, 11) is 0. The van der Waals surface area contributed by atoms with E-state index in [1.54, 1.807) is 29.2 Å². The topological polar surface area (TPSA) is 90.5 Å². The monoisotopic (exact) mass is 442 g/mol. The second-order valence-corrected chi connectivity index (χ2v) is 7.07. The van der Waals surface area contributed by atoms with E-state index in [1.165, 1.54) is 0 Å². The Hall–Kier alpha value is -1.96. The van der Waals surface area contributed by atoms with Gasteiger partial charge in [-0.3, -0.25) is 0 Å². The zero-order valence-corrected chi connectivity index (χ0v) is 18.2. The molecule has 161 valence electrons. The van der Waals surface area contributed by atoms with Crippen LogP contribution in [0.15, 0.2) is 54.6 Å². The van der Waals surface area contributed by atoms with Gasteiger partial charge < -0.3 is 21.5 Å². The van der Waals surface area contributed by atoms with Crippen LogP contribution >= 0.6 is 0 Å². The zero-order chi connectivity index (χ0) is 21.5. The molecule has 0 aliphatic heterocycles. The summed E-state index contributed by atoms with van der Waals surface area (Å²) < 4.78 is 0. The van der Waals surface area contributed by atoms with Gasteiger partial charge in [0.05, 0.1) is 0 Å². The molecule has 5 nitrogen and oxygen atoms in total. The van der Waals surface area contributed by atoms with Crippen molar-refractivity contribution in [2.75, 3.05) is 19.6 Å². The first-order chi connectivity index (χ1) is 14.0. The summed E-state index contributed by atoms with van der Waals surface area (Å²) >= 11 is 3.94. The Morgan fingerprint density at radius 1 is 1.00 bits per heavy atom. The maximum atomic E-state index is 9.75. The standard InChI is InChI=1S/C16H27N3O.C7H6O.Co/c1-3-10-18-12-15(19-11-13(2)17)9-8-14-6-4-5-7-16(14)20;1-6-4-2-3-5-7(6)8;/h4-9,13,15,18-20H,3,10-12,17H2,1-2H3;1-5,8H;. The van der Waals surface area contributed by atoms with E-state index in [9.17, 15) is 5.11 Å². The number of phenols is 2. The van der Waals surface area contributed by atoms with Gasteiger partial charge in [-0.1, -0.05) is 37.3 Å². The summed E-state index contributed by atoms with van der Waals surface area (Å²) in [6.07, 6.45) is 5.13. The van der Waals surface area contributed by atoms with Gasteiger partial charge in [-0.15, -0.1) is 0 Å². The summed E-state index contributed by atoms with van der Waals surface area (Å²) in [5, 5.41) is 25.6. The first kappa shape index (κ1) is 25.1. The fourth-order valence-corrected chi connectivity index (χ4v) is 2.65. The summed E-state index contributed by atoms with van der Waals surface area (Å²) in [6.45, 7) is 6.75. The van der Waals surface area contributed by atoms with E-state index in [2.05, 4.69) is 38.9 Å². The Kier molecular flexibility index (Phi) is 12.9. The van der Waals surface area contributed by atoms with Gasteiger partial charge >= 0.3 is 60.9 Å². The van der Waals surface area contributed by atoms with E-state index in [0.717, 1.165) is 37.2 Å². The molecule has 0 heterocycles. The molecule has 2 aromatic rings. The molecule has 2 unspecified atom stereocenters. The van der Waals surface area contributed by atoms with Gasteiger partial charge in [-0.05, 0) is 26.0 Å². The molecular weight excluding hydrogens is 409 g/mol. The maximum absolute atomic E-state index is 9.75. The Bertz CT molecular complexity index is 750. The van der Waals surface area contributed by atoms with Gasteiger partial charge in [0.2, 0.25) is 0 Å². The molecular formula is C23H33CoN3O2. The van der Waals surface area contributed by atoms with Crippen LogP contribution in [0.4, 0.5) is 0 Å². The third-order valence-electron chi connectivity index (χ3n) is 3.98. The van der Waals surface area contributed by atoms with Gasteiger partial charge in [-0.2, -0.15) is 0 Å². The number of hydrogen-bond acceptors (Lipinski definition) is 5. The molecule has 2 atom stereocenters. The molecule has 6 heteroatoms. The van der Waals surface area contributed by atoms with Crippen LogP contribution in [0.1, 0.15) is 31.4 Å². The predicted octanol–water partition coefficient (Wildman–Crippen LogP) is 2.80. The SMILES string of the molecule is CCCNCC(C=Cc1ccccc1O)NCC(C)N.Oc1ccccc1[CH]=[Co]. The van der Waals surface area contributed by atoms with Crippen molar-refractivity contribution in [1.29, 1.82) is 0 Å². The Morgan fingerprint density at radius 3 is 2.07 bits per heavy atom. The molecule has 2 rings (SSSR count). The Balaban J connectivity index is 0.000000387. The molecule has 0 saturated heterocycles. The number of nitrogens with two attached hydrogens (primary N) is 1. The summed E-state index contributed by atoms with van der Waals surface area (Å²) in [6, 6.07) is 14.7.